The lowest BCUT2D eigenvalue weighted by molar-refractivity contribution is 0.0116. The van der Waals surface area contributed by atoms with Gasteiger partial charge in [0, 0.05) is 6.54 Å². The van der Waals surface area contributed by atoms with E-state index in [0.717, 1.165) is 18.9 Å². The lowest BCUT2D eigenvalue weighted by atomic mass is 9.93. The Balaban J connectivity index is 2.46. The van der Waals surface area contributed by atoms with Crippen LogP contribution in [0.1, 0.15) is 26.7 Å². The van der Waals surface area contributed by atoms with E-state index in [1.807, 2.05) is 7.05 Å². The van der Waals surface area contributed by atoms with Crippen LogP contribution in [-0.2, 0) is 0 Å². The van der Waals surface area contributed by atoms with Gasteiger partial charge in [-0.25, -0.2) is 0 Å². The summed E-state index contributed by atoms with van der Waals surface area (Å²) in [7, 11) is 1.90. The van der Waals surface area contributed by atoms with E-state index >= 15 is 0 Å². The van der Waals surface area contributed by atoms with Crippen LogP contribution in [0.4, 0.5) is 0 Å². The van der Waals surface area contributed by atoms with Gasteiger partial charge in [0.25, 0.3) is 0 Å². The van der Waals surface area contributed by atoms with Gasteiger partial charge in [-0.15, -0.1) is 0 Å². The van der Waals surface area contributed by atoms with E-state index < -0.39 is 5.60 Å². The van der Waals surface area contributed by atoms with Gasteiger partial charge in [-0.1, -0.05) is 13.8 Å². The fourth-order valence-electron chi connectivity index (χ4n) is 1.90. The lowest BCUT2D eigenvalue weighted by Gasteiger charge is -2.26. The zero-order chi connectivity index (χ0) is 8.48. The third-order valence-electron chi connectivity index (χ3n) is 2.89. The molecule has 0 aromatic heterocycles. The predicted octanol–water partition coefficient (Wildman–Crippen LogP) is 1.00. The molecule has 66 valence electrons. The highest BCUT2D eigenvalue weighted by Crippen LogP contribution is 2.47. The Morgan fingerprint density at radius 3 is 2.45 bits per heavy atom. The SMILES string of the molecule is CCC(O)(CNC)C1CC1C. The molecule has 0 radical (unpaired) electrons. The van der Waals surface area contributed by atoms with E-state index in [1.54, 1.807) is 0 Å². The summed E-state index contributed by atoms with van der Waals surface area (Å²) >= 11 is 0. The average Bonchev–Trinajstić information content (AvgIpc) is 2.68. The maximum Gasteiger partial charge on any atom is 0.0799 e. The molecule has 3 unspecified atom stereocenters. The smallest absolute Gasteiger partial charge is 0.0799 e. The summed E-state index contributed by atoms with van der Waals surface area (Å²) in [6.07, 6.45) is 2.06. The van der Waals surface area contributed by atoms with Crippen molar-refractivity contribution in [3.63, 3.8) is 0 Å². The van der Waals surface area contributed by atoms with Crippen molar-refractivity contribution in [2.45, 2.75) is 32.3 Å². The van der Waals surface area contributed by atoms with Gasteiger partial charge in [0.1, 0.15) is 0 Å². The van der Waals surface area contributed by atoms with Crippen molar-refractivity contribution in [1.29, 1.82) is 0 Å². The van der Waals surface area contributed by atoms with Crippen LogP contribution < -0.4 is 5.32 Å². The zero-order valence-corrected chi connectivity index (χ0v) is 7.72. The molecule has 2 nitrogen and oxygen atoms in total. The summed E-state index contributed by atoms with van der Waals surface area (Å²) in [4.78, 5) is 0. The molecule has 0 aliphatic heterocycles. The van der Waals surface area contributed by atoms with Crippen LogP contribution in [0, 0.1) is 11.8 Å². The first-order valence-corrected chi connectivity index (χ1v) is 4.51. The average molecular weight is 157 g/mol. The second-order valence-corrected chi connectivity index (χ2v) is 3.81. The molecule has 3 atom stereocenters. The van der Waals surface area contributed by atoms with Crippen LogP contribution in [0.2, 0.25) is 0 Å². The third-order valence-corrected chi connectivity index (χ3v) is 2.89. The molecule has 1 fully saturated rings. The minimum absolute atomic E-state index is 0.436. The van der Waals surface area contributed by atoms with E-state index in [2.05, 4.69) is 19.2 Å². The maximum absolute atomic E-state index is 10.1. The van der Waals surface area contributed by atoms with Gasteiger partial charge in [-0.2, -0.15) is 0 Å². The van der Waals surface area contributed by atoms with E-state index in [1.165, 1.54) is 6.42 Å². The minimum atomic E-state index is -0.436. The predicted molar refractivity (Wildman–Crippen MR) is 46.4 cm³/mol. The molecule has 1 saturated carbocycles. The Hall–Kier alpha value is -0.0800. The number of hydrogen-bond acceptors (Lipinski definition) is 2. The van der Waals surface area contributed by atoms with Gasteiger partial charge in [0.05, 0.1) is 5.60 Å². The summed E-state index contributed by atoms with van der Waals surface area (Å²) in [5.41, 5.74) is -0.436. The summed E-state index contributed by atoms with van der Waals surface area (Å²) in [6.45, 7) is 5.00. The van der Waals surface area contributed by atoms with Crippen molar-refractivity contribution in [1.82, 2.24) is 5.32 Å². The monoisotopic (exact) mass is 157 g/mol. The van der Waals surface area contributed by atoms with Crippen LogP contribution >= 0.6 is 0 Å². The highest BCUT2D eigenvalue weighted by atomic mass is 16.3. The van der Waals surface area contributed by atoms with E-state index in [9.17, 15) is 5.11 Å². The fraction of sp³-hybridized carbons (Fsp3) is 1.00. The van der Waals surface area contributed by atoms with E-state index in [0.29, 0.717) is 5.92 Å². The maximum atomic E-state index is 10.1. The van der Waals surface area contributed by atoms with Gasteiger partial charge < -0.3 is 10.4 Å². The molecule has 0 heterocycles. The summed E-state index contributed by atoms with van der Waals surface area (Å²) in [6, 6.07) is 0. The first kappa shape index (κ1) is 9.01. The number of hydrogen-bond donors (Lipinski definition) is 2. The molecule has 11 heavy (non-hydrogen) atoms. The van der Waals surface area contributed by atoms with Crippen molar-refractivity contribution < 1.29 is 5.11 Å². The number of nitrogens with one attached hydrogen (secondary N) is 1. The largest absolute Gasteiger partial charge is 0.388 e. The molecular formula is C9H19NO. The molecule has 2 heteroatoms. The van der Waals surface area contributed by atoms with Crippen LogP contribution in [0.5, 0.6) is 0 Å². The van der Waals surface area contributed by atoms with Gasteiger partial charge in [0.2, 0.25) is 0 Å². The van der Waals surface area contributed by atoms with Crippen LogP contribution in [0.15, 0.2) is 0 Å². The molecular weight excluding hydrogens is 138 g/mol. The second kappa shape index (κ2) is 3.11. The van der Waals surface area contributed by atoms with Crippen molar-refractivity contribution >= 4 is 0 Å². The molecule has 0 bridgehead atoms. The Labute approximate surface area is 69.0 Å². The number of rotatable bonds is 4. The highest BCUT2D eigenvalue weighted by molar-refractivity contribution is 4.99. The van der Waals surface area contributed by atoms with Crippen molar-refractivity contribution in [2.75, 3.05) is 13.6 Å². The first-order valence-electron chi connectivity index (χ1n) is 4.51. The van der Waals surface area contributed by atoms with Crippen molar-refractivity contribution in [3.05, 3.63) is 0 Å². The van der Waals surface area contributed by atoms with E-state index in [-0.39, 0.29) is 0 Å². The molecule has 0 aromatic rings. The molecule has 1 rings (SSSR count). The van der Waals surface area contributed by atoms with E-state index in [4.69, 9.17) is 0 Å². The van der Waals surface area contributed by atoms with Gasteiger partial charge in [-0.3, -0.25) is 0 Å². The third kappa shape index (κ3) is 1.74. The molecule has 0 spiro atoms. The minimum Gasteiger partial charge on any atom is -0.388 e. The summed E-state index contributed by atoms with van der Waals surface area (Å²) < 4.78 is 0. The Morgan fingerprint density at radius 1 is 1.64 bits per heavy atom. The molecule has 2 N–H and O–H groups in total. The van der Waals surface area contributed by atoms with Crippen molar-refractivity contribution in [2.24, 2.45) is 11.8 Å². The Bertz CT molecular complexity index is 138. The van der Waals surface area contributed by atoms with Crippen molar-refractivity contribution in [3.8, 4) is 0 Å². The fourth-order valence-corrected chi connectivity index (χ4v) is 1.90. The number of likely N-dealkylation sites (N-methyl/N-ethyl adjacent to an activating group) is 1. The van der Waals surface area contributed by atoms with Gasteiger partial charge in [0.15, 0.2) is 0 Å². The Kier molecular flexibility index (Phi) is 2.55. The lowest BCUT2D eigenvalue weighted by Crippen LogP contribution is -2.41. The van der Waals surface area contributed by atoms with Crippen LogP contribution in [0.25, 0.3) is 0 Å². The number of aliphatic hydroxyl groups is 1. The molecule has 1 aliphatic carbocycles. The topological polar surface area (TPSA) is 32.3 Å². The molecule has 0 aromatic carbocycles. The molecule has 0 saturated heterocycles. The zero-order valence-electron chi connectivity index (χ0n) is 7.72. The normalized spacial score (nSPS) is 34.9. The van der Waals surface area contributed by atoms with Gasteiger partial charge in [-0.05, 0) is 31.7 Å². The first-order chi connectivity index (χ1) is 5.14. The summed E-state index contributed by atoms with van der Waals surface area (Å²) in [5.74, 6) is 1.27. The Morgan fingerprint density at radius 2 is 2.18 bits per heavy atom. The van der Waals surface area contributed by atoms with Crippen LogP contribution in [-0.4, -0.2) is 24.3 Å². The second-order valence-electron chi connectivity index (χ2n) is 3.81. The standard InChI is InChI=1S/C9H19NO/c1-4-9(11,6-10-3)8-5-7(8)2/h7-8,10-11H,4-6H2,1-3H3. The van der Waals surface area contributed by atoms with Gasteiger partial charge >= 0.3 is 0 Å². The molecule has 1 aliphatic rings. The molecule has 0 amide bonds. The highest BCUT2D eigenvalue weighted by Gasteiger charge is 2.47. The van der Waals surface area contributed by atoms with Crippen LogP contribution in [0.3, 0.4) is 0 Å². The quantitative estimate of drug-likeness (QED) is 0.638. The summed E-state index contributed by atoms with van der Waals surface area (Å²) in [5, 5.41) is 13.1.